The van der Waals surface area contributed by atoms with Crippen molar-refractivity contribution in [2.45, 2.75) is 38.5 Å². The van der Waals surface area contributed by atoms with Crippen LogP contribution in [0, 0.1) is 6.92 Å². The van der Waals surface area contributed by atoms with Crippen LogP contribution in [0.1, 0.15) is 53.1 Å². The predicted octanol–water partition coefficient (Wildman–Crippen LogP) is 4.14. The largest absolute Gasteiger partial charge is 0.338 e. The average Bonchev–Trinajstić information content (AvgIpc) is 3.14. The standard InChI is InChI=1S/C23H26N2O2/c1-17-7-2-3-11-21(17)19-9-5-13-24(16-19)23(27)18-8-4-10-20(15-18)25-14-6-12-22(25)26/h2-4,7-8,10-11,15,19H,5-6,9,12-14,16H2,1H3. The number of benzene rings is 2. The third-order valence-electron chi connectivity index (χ3n) is 5.82. The molecule has 2 aromatic rings. The Bertz CT molecular complexity index is 861. The van der Waals surface area contributed by atoms with Crippen molar-refractivity contribution in [1.82, 2.24) is 4.90 Å². The molecular weight excluding hydrogens is 336 g/mol. The van der Waals surface area contributed by atoms with Crippen LogP contribution in [0.5, 0.6) is 0 Å². The van der Waals surface area contributed by atoms with Gasteiger partial charge in [0.05, 0.1) is 0 Å². The minimum Gasteiger partial charge on any atom is -0.338 e. The smallest absolute Gasteiger partial charge is 0.253 e. The summed E-state index contributed by atoms with van der Waals surface area (Å²) >= 11 is 0. The highest BCUT2D eigenvalue weighted by atomic mass is 16.2. The van der Waals surface area contributed by atoms with Crippen LogP contribution < -0.4 is 4.90 Å². The van der Waals surface area contributed by atoms with Gasteiger partial charge < -0.3 is 9.80 Å². The fourth-order valence-electron chi connectivity index (χ4n) is 4.37. The highest BCUT2D eigenvalue weighted by Crippen LogP contribution is 2.30. The normalized spacial score (nSPS) is 20.2. The van der Waals surface area contributed by atoms with E-state index in [1.54, 1.807) is 4.90 Å². The summed E-state index contributed by atoms with van der Waals surface area (Å²) in [7, 11) is 0. The molecule has 140 valence electrons. The molecule has 2 saturated heterocycles. The van der Waals surface area contributed by atoms with E-state index in [9.17, 15) is 9.59 Å². The Morgan fingerprint density at radius 2 is 1.89 bits per heavy atom. The summed E-state index contributed by atoms with van der Waals surface area (Å²) in [6.45, 7) is 4.45. The van der Waals surface area contributed by atoms with Crippen molar-refractivity contribution in [1.29, 1.82) is 0 Å². The first-order chi connectivity index (χ1) is 13.1. The van der Waals surface area contributed by atoms with Crippen LogP contribution in [0.4, 0.5) is 5.69 Å². The van der Waals surface area contributed by atoms with Crippen LogP contribution in [0.15, 0.2) is 48.5 Å². The number of anilines is 1. The number of nitrogens with zero attached hydrogens (tertiary/aromatic N) is 2. The number of amides is 2. The van der Waals surface area contributed by atoms with Gasteiger partial charge in [-0.2, -0.15) is 0 Å². The van der Waals surface area contributed by atoms with Gasteiger partial charge in [-0.1, -0.05) is 30.3 Å². The van der Waals surface area contributed by atoms with Gasteiger partial charge in [-0.3, -0.25) is 9.59 Å². The third kappa shape index (κ3) is 3.61. The first kappa shape index (κ1) is 17.8. The second-order valence-corrected chi connectivity index (χ2v) is 7.65. The van der Waals surface area contributed by atoms with E-state index < -0.39 is 0 Å². The van der Waals surface area contributed by atoms with Gasteiger partial charge in [-0.05, 0) is 55.5 Å². The van der Waals surface area contributed by atoms with E-state index in [0.717, 1.165) is 44.6 Å². The maximum Gasteiger partial charge on any atom is 0.253 e. The Morgan fingerprint density at radius 3 is 2.67 bits per heavy atom. The number of carbonyl (C=O) groups is 2. The number of hydrogen-bond donors (Lipinski definition) is 0. The van der Waals surface area contributed by atoms with E-state index in [1.165, 1.54) is 11.1 Å². The first-order valence-electron chi connectivity index (χ1n) is 9.89. The minimum absolute atomic E-state index is 0.0711. The lowest BCUT2D eigenvalue weighted by molar-refractivity contribution is -0.117. The van der Waals surface area contributed by atoms with Crippen molar-refractivity contribution < 1.29 is 9.59 Å². The number of likely N-dealkylation sites (tertiary alicyclic amines) is 1. The number of rotatable bonds is 3. The van der Waals surface area contributed by atoms with Crippen molar-refractivity contribution >= 4 is 17.5 Å². The Balaban J connectivity index is 1.52. The fraction of sp³-hybridized carbons (Fsp3) is 0.391. The molecule has 0 radical (unpaired) electrons. The van der Waals surface area contributed by atoms with Crippen molar-refractivity contribution in [2.75, 3.05) is 24.5 Å². The van der Waals surface area contributed by atoms with Crippen LogP contribution in [0.3, 0.4) is 0 Å². The number of aryl methyl sites for hydroxylation is 1. The predicted molar refractivity (Wildman–Crippen MR) is 107 cm³/mol. The fourth-order valence-corrected chi connectivity index (χ4v) is 4.37. The van der Waals surface area contributed by atoms with Gasteiger partial charge in [0.15, 0.2) is 0 Å². The molecule has 2 aliphatic rings. The van der Waals surface area contributed by atoms with Crippen LogP contribution in [-0.2, 0) is 4.79 Å². The highest BCUT2D eigenvalue weighted by molar-refractivity contribution is 5.99. The SMILES string of the molecule is Cc1ccccc1C1CCCN(C(=O)c2cccc(N3CCCC3=O)c2)C1. The average molecular weight is 362 g/mol. The number of hydrogen-bond acceptors (Lipinski definition) is 2. The molecule has 4 nitrogen and oxygen atoms in total. The van der Waals surface area contributed by atoms with Crippen molar-refractivity contribution in [3.05, 3.63) is 65.2 Å². The Morgan fingerprint density at radius 1 is 1.04 bits per heavy atom. The van der Waals surface area contributed by atoms with E-state index >= 15 is 0 Å². The zero-order chi connectivity index (χ0) is 18.8. The summed E-state index contributed by atoms with van der Waals surface area (Å²) < 4.78 is 0. The lowest BCUT2D eigenvalue weighted by Gasteiger charge is -2.34. The van der Waals surface area contributed by atoms with E-state index in [4.69, 9.17) is 0 Å². The molecule has 2 fully saturated rings. The molecule has 2 aliphatic heterocycles. The highest BCUT2D eigenvalue weighted by Gasteiger charge is 2.27. The summed E-state index contributed by atoms with van der Waals surface area (Å²) in [5.41, 5.74) is 4.17. The van der Waals surface area contributed by atoms with Crippen LogP contribution in [0.2, 0.25) is 0 Å². The second-order valence-electron chi connectivity index (χ2n) is 7.65. The molecule has 2 aromatic carbocycles. The molecule has 2 heterocycles. The summed E-state index contributed by atoms with van der Waals surface area (Å²) in [6.07, 6.45) is 3.63. The van der Waals surface area contributed by atoms with Gasteiger partial charge >= 0.3 is 0 Å². The molecule has 4 rings (SSSR count). The quantitative estimate of drug-likeness (QED) is 0.823. The summed E-state index contributed by atoms with van der Waals surface area (Å²) in [5, 5.41) is 0. The lowest BCUT2D eigenvalue weighted by Crippen LogP contribution is -2.39. The van der Waals surface area contributed by atoms with E-state index in [2.05, 4.69) is 31.2 Å². The summed E-state index contributed by atoms with van der Waals surface area (Å²) in [6, 6.07) is 16.0. The second kappa shape index (κ2) is 7.55. The van der Waals surface area contributed by atoms with Crippen LogP contribution >= 0.6 is 0 Å². The van der Waals surface area contributed by atoms with Crippen molar-refractivity contribution in [2.24, 2.45) is 0 Å². The molecule has 0 N–H and O–H groups in total. The van der Waals surface area contributed by atoms with Gasteiger partial charge in [-0.15, -0.1) is 0 Å². The van der Waals surface area contributed by atoms with Crippen LogP contribution in [-0.4, -0.2) is 36.3 Å². The van der Waals surface area contributed by atoms with Gasteiger partial charge in [0.25, 0.3) is 5.91 Å². The van der Waals surface area contributed by atoms with E-state index in [0.29, 0.717) is 17.9 Å². The van der Waals surface area contributed by atoms with Gasteiger partial charge in [0, 0.05) is 43.2 Å². The van der Waals surface area contributed by atoms with Gasteiger partial charge in [0.1, 0.15) is 0 Å². The molecule has 4 heteroatoms. The Hall–Kier alpha value is -2.62. The zero-order valence-corrected chi connectivity index (χ0v) is 15.9. The van der Waals surface area contributed by atoms with Gasteiger partial charge in [-0.25, -0.2) is 0 Å². The Kier molecular flexibility index (Phi) is 4.97. The Labute approximate surface area is 160 Å². The maximum atomic E-state index is 13.1. The zero-order valence-electron chi connectivity index (χ0n) is 15.9. The van der Waals surface area contributed by atoms with Crippen molar-refractivity contribution in [3.8, 4) is 0 Å². The number of piperidine rings is 1. The molecule has 2 amide bonds. The van der Waals surface area contributed by atoms with E-state index in [1.807, 2.05) is 29.2 Å². The maximum absolute atomic E-state index is 13.1. The third-order valence-corrected chi connectivity index (χ3v) is 5.82. The molecule has 1 unspecified atom stereocenters. The molecule has 0 aliphatic carbocycles. The topological polar surface area (TPSA) is 40.6 Å². The molecule has 27 heavy (non-hydrogen) atoms. The first-order valence-corrected chi connectivity index (χ1v) is 9.89. The monoisotopic (exact) mass is 362 g/mol. The molecule has 0 spiro atoms. The summed E-state index contributed by atoms with van der Waals surface area (Å²) in [5.74, 6) is 0.617. The van der Waals surface area contributed by atoms with E-state index in [-0.39, 0.29) is 11.8 Å². The van der Waals surface area contributed by atoms with Crippen molar-refractivity contribution in [3.63, 3.8) is 0 Å². The molecule has 0 bridgehead atoms. The molecule has 1 atom stereocenters. The number of carbonyl (C=O) groups excluding carboxylic acids is 2. The molecule has 0 aromatic heterocycles. The van der Waals surface area contributed by atoms with Gasteiger partial charge in [0.2, 0.25) is 5.91 Å². The lowest BCUT2D eigenvalue weighted by atomic mass is 9.88. The minimum atomic E-state index is 0.0711. The molecular formula is C23H26N2O2. The van der Waals surface area contributed by atoms with Crippen LogP contribution in [0.25, 0.3) is 0 Å². The molecule has 0 saturated carbocycles. The summed E-state index contributed by atoms with van der Waals surface area (Å²) in [4.78, 5) is 28.9.